The van der Waals surface area contributed by atoms with E-state index in [0.29, 0.717) is 18.4 Å². The van der Waals surface area contributed by atoms with Gasteiger partial charge in [-0.1, -0.05) is 13.8 Å². The Bertz CT molecular complexity index is 254. The zero-order chi connectivity index (χ0) is 12.9. The summed E-state index contributed by atoms with van der Waals surface area (Å²) in [5.41, 5.74) is 6.23. The summed E-state index contributed by atoms with van der Waals surface area (Å²) in [6.45, 7) is 6.78. The molecule has 1 rings (SSSR count). The normalized spacial score (nSPS) is 22.0. The maximum Gasteiger partial charge on any atom is 0.239 e. The zero-order valence-corrected chi connectivity index (χ0v) is 11.4. The van der Waals surface area contributed by atoms with Crippen molar-refractivity contribution in [2.24, 2.45) is 11.1 Å². The lowest BCUT2D eigenvalue weighted by Gasteiger charge is -2.25. The van der Waals surface area contributed by atoms with E-state index in [-0.39, 0.29) is 5.91 Å². The number of nitrogens with two attached hydrogens (primary N) is 1. The standard InChI is InChI=1S/C13H26N2O2/c1-13(2)6-4-8-15(9-7-13)12(16)11(14)5-10-17-3/h11H,4-10,14H2,1-3H3. The molecule has 17 heavy (non-hydrogen) atoms. The van der Waals surface area contributed by atoms with Gasteiger partial charge in [0.2, 0.25) is 5.91 Å². The van der Waals surface area contributed by atoms with Crippen molar-refractivity contribution in [3.8, 4) is 0 Å². The highest BCUT2D eigenvalue weighted by molar-refractivity contribution is 5.81. The summed E-state index contributed by atoms with van der Waals surface area (Å²) >= 11 is 0. The Morgan fingerprint density at radius 3 is 2.76 bits per heavy atom. The molecule has 1 unspecified atom stereocenters. The summed E-state index contributed by atoms with van der Waals surface area (Å²) in [5, 5.41) is 0. The number of ether oxygens (including phenoxy) is 1. The van der Waals surface area contributed by atoms with Crippen LogP contribution in [0.25, 0.3) is 0 Å². The maximum atomic E-state index is 12.1. The smallest absolute Gasteiger partial charge is 0.239 e. The number of carbonyl (C=O) groups is 1. The highest BCUT2D eigenvalue weighted by atomic mass is 16.5. The van der Waals surface area contributed by atoms with Gasteiger partial charge in [0.25, 0.3) is 0 Å². The van der Waals surface area contributed by atoms with Crippen molar-refractivity contribution in [1.82, 2.24) is 4.90 Å². The first kappa shape index (κ1) is 14.5. The van der Waals surface area contributed by atoms with Crippen molar-refractivity contribution < 1.29 is 9.53 Å². The molecular weight excluding hydrogens is 216 g/mol. The molecule has 1 fully saturated rings. The van der Waals surface area contributed by atoms with Crippen molar-refractivity contribution in [2.45, 2.75) is 45.6 Å². The minimum absolute atomic E-state index is 0.0831. The summed E-state index contributed by atoms with van der Waals surface area (Å²) < 4.78 is 4.96. The Morgan fingerprint density at radius 2 is 2.12 bits per heavy atom. The van der Waals surface area contributed by atoms with Gasteiger partial charge < -0.3 is 15.4 Å². The maximum absolute atomic E-state index is 12.1. The molecule has 1 heterocycles. The molecule has 0 aromatic heterocycles. The minimum atomic E-state index is -0.406. The van der Waals surface area contributed by atoms with Crippen LogP contribution in [0.2, 0.25) is 0 Å². The number of amides is 1. The van der Waals surface area contributed by atoms with Gasteiger partial charge in [-0.3, -0.25) is 4.79 Å². The van der Waals surface area contributed by atoms with E-state index in [0.717, 1.165) is 25.9 Å². The van der Waals surface area contributed by atoms with Crippen molar-refractivity contribution in [3.05, 3.63) is 0 Å². The topological polar surface area (TPSA) is 55.6 Å². The van der Waals surface area contributed by atoms with E-state index in [1.807, 2.05) is 4.90 Å². The molecule has 1 saturated heterocycles. The summed E-state index contributed by atoms with van der Waals surface area (Å²) in [5.74, 6) is 0.0831. The molecule has 0 aromatic carbocycles. The molecule has 1 aliphatic rings. The van der Waals surface area contributed by atoms with Gasteiger partial charge in [0.15, 0.2) is 0 Å². The van der Waals surface area contributed by atoms with Gasteiger partial charge >= 0.3 is 0 Å². The lowest BCUT2D eigenvalue weighted by Crippen LogP contribution is -2.44. The summed E-state index contributed by atoms with van der Waals surface area (Å²) in [4.78, 5) is 14.0. The molecule has 0 saturated carbocycles. The molecule has 4 heteroatoms. The molecular formula is C13H26N2O2. The second-order valence-corrected chi connectivity index (χ2v) is 5.73. The van der Waals surface area contributed by atoms with E-state index >= 15 is 0 Å². The molecule has 4 nitrogen and oxygen atoms in total. The fourth-order valence-corrected chi connectivity index (χ4v) is 2.25. The number of hydrogen-bond donors (Lipinski definition) is 1. The van der Waals surface area contributed by atoms with Gasteiger partial charge in [-0.2, -0.15) is 0 Å². The third-order valence-electron chi connectivity index (χ3n) is 3.60. The Balaban J connectivity index is 2.46. The van der Waals surface area contributed by atoms with Gasteiger partial charge in [-0.05, 0) is 31.1 Å². The van der Waals surface area contributed by atoms with Crippen LogP contribution < -0.4 is 5.73 Å². The molecule has 1 atom stereocenters. The fourth-order valence-electron chi connectivity index (χ4n) is 2.25. The quantitative estimate of drug-likeness (QED) is 0.810. The molecule has 0 radical (unpaired) electrons. The average Bonchev–Trinajstić information content (AvgIpc) is 2.46. The van der Waals surface area contributed by atoms with E-state index in [2.05, 4.69) is 13.8 Å². The predicted octanol–water partition coefficient (Wildman–Crippen LogP) is 1.39. The number of likely N-dealkylation sites (tertiary alicyclic amines) is 1. The van der Waals surface area contributed by atoms with Crippen molar-refractivity contribution in [1.29, 1.82) is 0 Å². The summed E-state index contributed by atoms with van der Waals surface area (Å²) in [6.07, 6.45) is 3.94. The number of rotatable bonds is 4. The number of methoxy groups -OCH3 is 1. The second kappa shape index (κ2) is 6.36. The Hall–Kier alpha value is -0.610. The SMILES string of the molecule is COCCC(N)C(=O)N1CCCC(C)(C)CC1. The molecule has 0 bridgehead atoms. The molecule has 1 aliphatic heterocycles. The first-order valence-corrected chi connectivity index (χ1v) is 6.49. The predicted molar refractivity (Wildman–Crippen MR) is 68.7 cm³/mol. The Labute approximate surface area is 104 Å². The van der Waals surface area contributed by atoms with Crippen LogP contribution in [0.4, 0.5) is 0 Å². The van der Waals surface area contributed by atoms with Crippen LogP contribution in [-0.2, 0) is 9.53 Å². The van der Waals surface area contributed by atoms with Gasteiger partial charge in [0.05, 0.1) is 6.04 Å². The van der Waals surface area contributed by atoms with Gasteiger partial charge in [0.1, 0.15) is 0 Å². The first-order valence-electron chi connectivity index (χ1n) is 6.49. The second-order valence-electron chi connectivity index (χ2n) is 5.73. The van der Waals surface area contributed by atoms with Gasteiger partial charge in [-0.15, -0.1) is 0 Å². The number of carbonyl (C=O) groups excluding carboxylic acids is 1. The molecule has 2 N–H and O–H groups in total. The van der Waals surface area contributed by atoms with E-state index in [1.54, 1.807) is 7.11 Å². The minimum Gasteiger partial charge on any atom is -0.385 e. The van der Waals surface area contributed by atoms with Crippen LogP contribution in [0.5, 0.6) is 0 Å². The Morgan fingerprint density at radius 1 is 1.41 bits per heavy atom. The van der Waals surface area contributed by atoms with E-state index in [4.69, 9.17) is 10.5 Å². The fraction of sp³-hybridized carbons (Fsp3) is 0.923. The highest BCUT2D eigenvalue weighted by Crippen LogP contribution is 2.29. The lowest BCUT2D eigenvalue weighted by atomic mass is 9.85. The van der Waals surface area contributed by atoms with Gasteiger partial charge in [0, 0.05) is 26.8 Å². The molecule has 0 aromatic rings. The van der Waals surface area contributed by atoms with Crippen molar-refractivity contribution >= 4 is 5.91 Å². The average molecular weight is 242 g/mol. The lowest BCUT2D eigenvalue weighted by molar-refractivity contribution is -0.133. The van der Waals surface area contributed by atoms with Crippen LogP contribution >= 0.6 is 0 Å². The third-order valence-corrected chi connectivity index (χ3v) is 3.60. The van der Waals surface area contributed by atoms with Crippen LogP contribution in [0.1, 0.15) is 39.5 Å². The molecule has 100 valence electrons. The van der Waals surface area contributed by atoms with Gasteiger partial charge in [-0.25, -0.2) is 0 Å². The van der Waals surface area contributed by atoms with E-state index < -0.39 is 6.04 Å². The Kier molecular flexibility index (Phi) is 5.40. The number of nitrogens with zero attached hydrogens (tertiary/aromatic N) is 1. The zero-order valence-electron chi connectivity index (χ0n) is 11.4. The highest BCUT2D eigenvalue weighted by Gasteiger charge is 2.27. The summed E-state index contributed by atoms with van der Waals surface area (Å²) in [7, 11) is 1.63. The number of hydrogen-bond acceptors (Lipinski definition) is 3. The van der Waals surface area contributed by atoms with Crippen LogP contribution in [0, 0.1) is 5.41 Å². The van der Waals surface area contributed by atoms with Crippen LogP contribution in [-0.4, -0.2) is 43.7 Å². The third kappa shape index (κ3) is 4.64. The molecule has 1 amide bonds. The molecule has 0 spiro atoms. The van der Waals surface area contributed by atoms with Crippen LogP contribution in [0.15, 0.2) is 0 Å². The first-order chi connectivity index (χ1) is 7.96. The van der Waals surface area contributed by atoms with Crippen molar-refractivity contribution in [2.75, 3.05) is 26.8 Å². The van der Waals surface area contributed by atoms with Crippen molar-refractivity contribution in [3.63, 3.8) is 0 Å². The monoisotopic (exact) mass is 242 g/mol. The largest absolute Gasteiger partial charge is 0.385 e. The summed E-state index contributed by atoms with van der Waals surface area (Å²) in [6, 6.07) is -0.406. The van der Waals surface area contributed by atoms with Crippen LogP contribution in [0.3, 0.4) is 0 Å². The molecule has 0 aliphatic carbocycles. The van der Waals surface area contributed by atoms with E-state index in [1.165, 1.54) is 6.42 Å². The van der Waals surface area contributed by atoms with E-state index in [9.17, 15) is 4.79 Å².